The van der Waals surface area contributed by atoms with Gasteiger partial charge >= 0.3 is 12.0 Å². The SMILES string of the molecule is COC(=O)c1ccc[n+](CC(=O)NCCCCCCNC(=O)CCCC[C@@H]2SCC3NC(=O)NC32)c1. The van der Waals surface area contributed by atoms with Gasteiger partial charge in [0.15, 0.2) is 12.4 Å². The number of carbonyl (C=O) groups is 4. The number of pyridine rings is 1. The fourth-order valence-electron chi connectivity index (χ4n) is 4.50. The Balaban J connectivity index is 1.13. The molecule has 3 heterocycles. The second kappa shape index (κ2) is 14.7. The van der Waals surface area contributed by atoms with Gasteiger partial charge in [-0.05, 0) is 31.7 Å². The van der Waals surface area contributed by atoms with Crippen molar-refractivity contribution in [3.05, 3.63) is 30.1 Å². The maximum Gasteiger partial charge on any atom is 0.343 e. The number of hydrogen-bond donors (Lipinski definition) is 4. The van der Waals surface area contributed by atoms with Gasteiger partial charge in [-0.1, -0.05) is 19.3 Å². The minimum atomic E-state index is -0.434. The zero-order chi connectivity index (χ0) is 25.8. The predicted molar refractivity (Wildman–Crippen MR) is 136 cm³/mol. The van der Waals surface area contributed by atoms with Crippen LogP contribution in [0.25, 0.3) is 0 Å². The van der Waals surface area contributed by atoms with Crippen molar-refractivity contribution >= 4 is 35.6 Å². The summed E-state index contributed by atoms with van der Waals surface area (Å²) in [5, 5.41) is 12.3. The standard InChI is InChI=1S/C25H37N5O5S/c1-35-24(33)18-9-8-14-30(15-18)16-22(32)27-13-7-3-2-6-12-26-21(31)11-5-4-10-20-23-19(17-36-20)28-25(34)29-23/h8-9,14-15,19-20,23H,2-7,10-13,16-17H2,1H3,(H3-,26,27,28,29,31,32,34)/p+1/t19?,20-,23?/m0/s1. The molecule has 198 valence electrons. The first kappa shape index (κ1) is 27.8. The van der Waals surface area contributed by atoms with Gasteiger partial charge in [0.2, 0.25) is 12.5 Å². The number of carbonyl (C=O) groups excluding carboxylic acids is 4. The lowest BCUT2D eigenvalue weighted by Gasteiger charge is -2.16. The van der Waals surface area contributed by atoms with Crippen molar-refractivity contribution in [1.29, 1.82) is 0 Å². The molecule has 10 nitrogen and oxygen atoms in total. The third-order valence-corrected chi connectivity index (χ3v) is 7.94. The number of thioether (sulfide) groups is 1. The van der Waals surface area contributed by atoms with Gasteiger partial charge in [-0.15, -0.1) is 0 Å². The number of nitrogens with zero attached hydrogens (tertiary/aromatic N) is 1. The van der Waals surface area contributed by atoms with Crippen LogP contribution < -0.4 is 25.8 Å². The number of methoxy groups -OCH3 is 1. The molecule has 2 unspecified atom stereocenters. The van der Waals surface area contributed by atoms with E-state index >= 15 is 0 Å². The number of hydrogen-bond acceptors (Lipinski definition) is 6. The van der Waals surface area contributed by atoms with Gasteiger partial charge in [0.25, 0.3) is 5.91 Å². The molecule has 1 aromatic rings. The first-order chi connectivity index (χ1) is 17.5. The monoisotopic (exact) mass is 520 g/mol. The van der Waals surface area contributed by atoms with Crippen molar-refractivity contribution in [1.82, 2.24) is 21.3 Å². The Morgan fingerprint density at radius 1 is 1.06 bits per heavy atom. The van der Waals surface area contributed by atoms with Crippen LogP contribution in [0.5, 0.6) is 0 Å². The van der Waals surface area contributed by atoms with E-state index in [1.165, 1.54) is 7.11 Å². The molecule has 2 saturated heterocycles. The van der Waals surface area contributed by atoms with Gasteiger partial charge in [0.05, 0.1) is 19.2 Å². The van der Waals surface area contributed by atoms with Crippen LogP contribution in [0.2, 0.25) is 0 Å². The molecule has 0 aromatic carbocycles. The summed E-state index contributed by atoms with van der Waals surface area (Å²) >= 11 is 1.91. The third-order valence-electron chi connectivity index (χ3n) is 6.43. The third kappa shape index (κ3) is 9.00. The molecule has 3 atom stereocenters. The van der Waals surface area contributed by atoms with Gasteiger partial charge in [0, 0.05) is 36.6 Å². The van der Waals surface area contributed by atoms with Crippen LogP contribution in [0.15, 0.2) is 24.5 Å². The first-order valence-electron chi connectivity index (χ1n) is 12.8. The number of amides is 4. The van der Waals surface area contributed by atoms with Crippen LogP contribution in [0.4, 0.5) is 4.79 Å². The Morgan fingerprint density at radius 2 is 1.81 bits per heavy atom. The highest BCUT2D eigenvalue weighted by Crippen LogP contribution is 2.33. The number of aromatic nitrogens is 1. The van der Waals surface area contributed by atoms with Crippen molar-refractivity contribution in [3.8, 4) is 0 Å². The number of fused-ring (bicyclic) bond motifs is 1. The van der Waals surface area contributed by atoms with Crippen LogP contribution in [-0.4, -0.2) is 67.1 Å². The molecule has 4 N–H and O–H groups in total. The van der Waals surface area contributed by atoms with Crippen molar-refractivity contribution in [2.75, 3.05) is 26.0 Å². The maximum atomic E-state index is 12.1. The number of urea groups is 1. The Labute approximate surface area is 216 Å². The second-order valence-electron chi connectivity index (χ2n) is 9.24. The zero-order valence-corrected chi connectivity index (χ0v) is 21.7. The van der Waals surface area contributed by atoms with E-state index in [-0.39, 0.29) is 36.5 Å². The maximum absolute atomic E-state index is 12.1. The second-order valence-corrected chi connectivity index (χ2v) is 10.5. The molecule has 3 rings (SSSR count). The summed E-state index contributed by atoms with van der Waals surface area (Å²) < 4.78 is 6.35. The van der Waals surface area contributed by atoms with Crippen LogP contribution in [0, 0.1) is 0 Å². The van der Waals surface area contributed by atoms with E-state index in [0.29, 0.717) is 30.3 Å². The van der Waals surface area contributed by atoms with E-state index in [1.54, 1.807) is 29.1 Å². The minimum absolute atomic E-state index is 0.0571. The normalized spacial score (nSPS) is 20.2. The Hall–Kier alpha value is -2.82. The van der Waals surface area contributed by atoms with Crippen LogP contribution in [-0.2, 0) is 20.9 Å². The summed E-state index contributed by atoms with van der Waals surface area (Å²) in [5.41, 5.74) is 0.402. The number of ether oxygens (including phenoxy) is 1. The van der Waals surface area contributed by atoms with Crippen molar-refractivity contribution in [2.45, 2.75) is 75.2 Å². The van der Waals surface area contributed by atoms with E-state index in [1.807, 2.05) is 11.8 Å². The quantitative estimate of drug-likeness (QED) is 0.119. The lowest BCUT2D eigenvalue weighted by Crippen LogP contribution is -2.43. The van der Waals surface area contributed by atoms with E-state index in [4.69, 9.17) is 4.74 Å². The molecule has 0 spiro atoms. The van der Waals surface area contributed by atoms with Gasteiger partial charge in [-0.3, -0.25) is 9.59 Å². The van der Waals surface area contributed by atoms with E-state index in [9.17, 15) is 19.2 Å². The zero-order valence-electron chi connectivity index (χ0n) is 20.9. The molecule has 0 aliphatic carbocycles. The van der Waals surface area contributed by atoms with Crippen LogP contribution >= 0.6 is 11.8 Å². The number of nitrogens with one attached hydrogen (secondary N) is 4. The summed E-state index contributed by atoms with van der Waals surface area (Å²) in [6, 6.07) is 3.77. The molecular weight excluding hydrogens is 482 g/mol. The lowest BCUT2D eigenvalue weighted by molar-refractivity contribution is -0.684. The van der Waals surface area contributed by atoms with E-state index in [0.717, 1.165) is 50.7 Å². The van der Waals surface area contributed by atoms with Crippen molar-refractivity contribution < 1.29 is 28.5 Å². The molecular formula is C25H38N5O5S+. The fourth-order valence-corrected chi connectivity index (χ4v) is 6.05. The summed E-state index contributed by atoms with van der Waals surface area (Å²) in [4.78, 5) is 47.2. The summed E-state index contributed by atoms with van der Waals surface area (Å²) in [6.07, 6.45) is 10.5. The molecule has 0 radical (unpaired) electrons. The lowest BCUT2D eigenvalue weighted by atomic mass is 10.0. The Kier molecular flexibility index (Phi) is 11.3. The number of unbranched alkanes of at least 4 members (excludes halogenated alkanes) is 4. The van der Waals surface area contributed by atoms with Gasteiger partial charge in [-0.2, -0.15) is 16.3 Å². The molecule has 11 heteroatoms. The highest BCUT2D eigenvalue weighted by molar-refractivity contribution is 8.00. The van der Waals surface area contributed by atoms with Gasteiger partial charge in [0.1, 0.15) is 5.56 Å². The number of rotatable bonds is 15. The molecule has 0 saturated carbocycles. The fraction of sp³-hybridized carbons (Fsp3) is 0.640. The first-order valence-corrected chi connectivity index (χ1v) is 13.8. The predicted octanol–water partition coefficient (Wildman–Crippen LogP) is 1.28. The molecule has 4 amide bonds. The summed E-state index contributed by atoms with van der Waals surface area (Å²) in [6.45, 7) is 1.42. The Morgan fingerprint density at radius 3 is 2.56 bits per heavy atom. The highest BCUT2D eigenvalue weighted by atomic mass is 32.2. The molecule has 2 aliphatic rings. The molecule has 1 aromatic heterocycles. The van der Waals surface area contributed by atoms with Crippen LogP contribution in [0.1, 0.15) is 61.7 Å². The summed E-state index contributed by atoms with van der Waals surface area (Å²) in [7, 11) is 1.32. The molecule has 2 aliphatic heterocycles. The Bertz CT molecular complexity index is 915. The van der Waals surface area contributed by atoms with Gasteiger partial charge in [-0.25, -0.2) is 9.59 Å². The minimum Gasteiger partial charge on any atom is -0.465 e. The van der Waals surface area contributed by atoms with Gasteiger partial charge < -0.3 is 26.0 Å². The van der Waals surface area contributed by atoms with Crippen molar-refractivity contribution in [2.24, 2.45) is 0 Å². The topological polar surface area (TPSA) is 130 Å². The number of esters is 1. The van der Waals surface area contributed by atoms with Crippen LogP contribution in [0.3, 0.4) is 0 Å². The van der Waals surface area contributed by atoms with Crippen molar-refractivity contribution in [3.63, 3.8) is 0 Å². The van der Waals surface area contributed by atoms with E-state index in [2.05, 4.69) is 21.3 Å². The average Bonchev–Trinajstić information content (AvgIpc) is 3.42. The summed E-state index contributed by atoms with van der Waals surface area (Å²) in [5.74, 6) is 0.526. The molecule has 36 heavy (non-hydrogen) atoms. The largest absolute Gasteiger partial charge is 0.465 e. The smallest absolute Gasteiger partial charge is 0.343 e. The highest BCUT2D eigenvalue weighted by Gasteiger charge is 2.42. The molecule has 0 bridgehead atoms. The molecule has 2 fully saturated rings. The van der Waals surface area contributed by atoms with E-state index < -0.39 is 5.97 Å². The average molecular weight is 521 g/mol.